The average molecular weight is 274 g/mol. The Morgan fingerprint density at radius 2 is 2.05 bits per heavy atom. The van der Waals surface area contributed by atoms with E-state index in [0.717, 1.165) is 43.6 Å². The molecule has 1 aromatic carbocycles. The van der Waals surface area contributed by atoms with Gasteiger partial charge in [-0.05, 0) is 37.5 Å². The number of aromatic hydroxyl groups is 1. The molecule has 0 atom stereocenters. The van der Waals surface area contributed by atoms with E-state index in [0.29, 0.717) is 13.2 Å². The smallest absolute Gasteiger partial charge is 0.235 e. The number of phenolic OH excluding ortho intramolecular Hbond substituents is 1. The van der Waals surface area contributed by atoms with Crippen LogP contribution in [0.3, 0.4) is 0 Å². The molecule has 1 aromatic rings. The molecule has 5 heteroatoms. The van der Waals surface area contributed by atoms with Gasteiger partial charge < -0.3 is 14.7 Å². The van der Waals surface area contributed by atoms with Gasteiger partial charge in [-0.3, -0.25) is 0 Å². The highest BCUT2D eigenvalue weighted by molar-refractivity contribution is 5.56. The molecule has 1 aliphatic heterocycles. The van der Waals surface area contributed by atoms with E-state index < -0.39 is 5.54 Å². The van der Waals surface area contributed by atoms with Crippen LogP contribution in [-0.2, 0) is 15.1 Å². The maximum absolute atomic E-state index is 10.7. The number of ether oxygens (including phenoxy) is 1. The molecule has 1 saturated heterocycles. The van der Waals surface area contributed by atoms with Crippen molar-refractivity contribution < 1.29 is 14.6 Å². The largest absolute Gasteiger partial charge is 0.508 e. The maximum Gasteiger partial charge on any atom is 0.235 e. The number of aliphatic imine (C=N–C) groups is 1. The van der Waals surface area contributed by atoms with E-state index >= 15 is 0 Å². The molecule has 0 amide bonds. The lowest BCUT2D eigenvalue weighted by Crippen LogP contribution is -2.37. The van der Waals surface area contributed by atoms with Crippen molar-refractivity contribution in [1.29, 1.82) is 0 Å². The fourth-order valence-corrected chi connectivity index (χ4v) is 2.96. The molecular formula is C15H18N2O3. The Morgan fingerprint density at radius 3 is 2.65 bits per heavy atom. The number of isocyanates is 1. The lowest BCUT2D eigenvalue weighted by Gasteiger charge is -2.38. The van der Waals surface area contributed by atoms with Gasteiger partial charge >= 0.3 is 0 Å². The van der Waals surface area contributed by atoms with Gasteiger partial charge in [0.05, 0.1) is 13.2 Å². The van der Waals surface area contributed by atoms with Crippen LogP contribution in [-0.4, -0.2) is 37.5 Å². The number of hydrogen-bond donors (Lipinski definition) is 1. The summed E-state index contributed by atoms with van der Waals surface area (Å²) in [6.45, 7) is 3.12. The van der Waals surface area contributed by atoms with Crippen molar-refractivity contribution in [2.24, 2.45) is 4.99 Å². The number of nitrogens with zero attached hydrogens (tertiary/aromatic N) is 2. The van der Waals surface area contributed by atoms with Crippen molar-refractivity contribution in [2.75, 3.05) is 31.2 Å². The van der Waals surface area contributed by atoms with Gasteiger partial charge in [0.25, 0.3) is 0 Å². The number of hydrogen-bond acceptors (Lipinski definition) is 5. The Hall–Kier alpha value is -1.84. The molecule has 2 fully saturated rings. The van der Waals surface area contributed by atoms with Gasteiger partial charge in [0.15, 0.2) is 0 Å². The Balaban J connectivity index is 1.96. The zero-order valence-corrected chi connectivity index (χ0v) is 11.3. The summed E-state index contributed by atoms with van der Waals surface area (Å²) in [6.07, 6.45) is 4.27. The summed E-state index contributed by atoms with van der Waals surface area (Å²) in [4.78, 5) is 16.9. The van der Waals surface area contributed by atoms with Crippen molar-refractivity contribution in [3.05, 3.63) is 23.8 Å². The van der Waals surface area contributed by atoms with E-state index in [4.69, 9.17) is 4.74 Å². The van der Waals surface area contributed by atoms with Crippen LogP contribution in [0.5, 0.6) is 5.75 Å². The lowest BCUT2D eigenvalue weighted by atomic mass is 9.72. The summed E-state index contributed by atoms with van der Waals surface area (Å²) < 4.78 is 5.35. The molecule has 0 spiro atoms. The Bertz CT molecular complexity index is 542. The molecule has 1 heterocycles. The highest BCUT2D eigenvalue weighted by atomic mass is 16.5. The zero-order valence-electron chi connectivity index (χ0n) is 11.3. The summed E-state index contributed by atoms with van der Waals surface area (Å²) in [7, 11) is 0. The van der Waals surface area contributed by atoms with Gasteiger partial charge in [-0.1, -0.05) is 0 Å². The number of rotatable bonds is 3. The molecule has 0 aromatic heterocycles. The molecule has 5 nitrogen and oxygen atoms in total. The molecule has 3 rings (SSSR count). The van der Waals surface area contributed by atoms with E-state index in [2.05, 4.69) is 9.89 Å². The molecule has 1 N–H and O–H groups in total. The summed E-state index contributed by atoms with van der Waals surface area (Å²) >= 11 is 0. The number of carbonyl (C=O) groups excluding carboxylic acids is 1. The first kappa shape index (κ1) is 13.2. The van der Waals surface area contributed by atoms with Crippen LogP contribution >= 0.6 is 0 Å². The first-order chi connectivity index (χ1) is 9.75. The second-order valence-corrected chi connectivity index (χ2v) is 5.39. The molecular weight excluding hydrogens is 256 g/mol. The first-order valence-electron chi connectivity index (χ1n) is 7.00. The molecule has 106 valence electrons. The van der Waals surface area contributed by atoms with Gasteiger partial charge in [-0.25, -0.2) is 4.79 Å². The third-order valence-electron chi connectivity index (χ3n) is 4.30. The topological polar surface area (TPSA) is 62.1 Å². The first-order valence-corrected chi connectivity index (χ1v) is 7.00. The normalized spacial score (nSPS) is 20.9. The molecule has 0 radical (unpaired) electrons. The van der Waals surface area contributed by atoms with Crippen molar-refractivity contribution in [2.45, 2.75) is 24.8 Å². The van der Waals surface area contributed by atoms with Crippen LogP contribution in [0.2, 0.25) is 0 Å². The Labute approximate surface area is 117 Å². The van der Waals surface area contributed by atoms with E-state index in [1.54, 1.807) is 12.1 Å². The minimum Gasteiger partial charge on any atom is -0.508 e. The number of phenols is 1. The van der Waals surface area contributed by atoms with Gasteiger partial charge in [0.2, 0.25) is 6.08 Å². The molecule has 20 heavy (non-hydrogen) atoms. The van der Waals surface area contributed by atoms with Crippen LogP contribution in [0, 0.1) is 0 Å². The van der Waals surface area contributed by atoms with Crippen LogP contribution in [0.25, 0.3) is 0 Å². The summed E-state index contributed by atoms with van der Waals surface area (Å²) in [6, 6.07) is 5.56. The monoisotopic (exact) mass is 274 g/mol. The van der Waals surface area contributed by atoms with E-state index in [-0.39, 0.29) is 5.75 Å². The predicted octanol–water partition coefficient (Wildman–Crippen LogP) is 1.94. The van der Waals surface area contributed by atoms with Crippen LogP contribution in [0.1, 0.15) is 24.8 Å². The highest BCUT2D eigenvalue weighted by Crippen LogP contribution is 2.48. The van der Waals surface area contributed by atoms with E-state index in [1.807, 2.05) is 12.1 Å². The van der Waals surface area contributed by atoms with E-state index in [9.17, 15) is 9.90 Å². The summed E-state index contributed by atoms with van der Waals surface area (Å²) in [5, 5.41) is 10.1. The molecule has 0 bridgehead atoms. The van der Waals surface area contributed by atoms with Crippen molar-refractivity contribution in [1.82, 2.24) is 0 Å². The fraction of sp³-hybridized carbons (Fsp3) is 0.533. The van der Waals surface area contributed by atoms with Gasteiger partial charge in [-0.15, -0.1) is 0 Å². The van der Waals surface area contributed by atoms with Gasteiger partial charge in [-0.2, -0.15) is 4.99 Å². The van der Waals surface area contributed by atoms with Crippen molar-refractivity contribution in [3.8, 4) is 5.75 Å². The highest BCUT2D eigenvalue weighted by Gasteiger charge is 2.41. The third-order valence-corrected chi connectivity index (χ3v) is 4.30. The second-order valence-electron chi connectivity index (χ2n) is 5.39. The Morgan fingerprint density at radius 1 is 1.30 bits per heavy atom. The minimum absolute atomic E-state index is 0.209. The predicted molar refractivity (Wildman–Crippen MR) is 74.8 cm³/mol. The molecule has 1 saturated carbocycles. The molecule has 0 unspecified atom stereocenters. The lowest BCUT2D eigenvalue weighted by molar-refractivity contribution is 0.122. The van der Waals surface area contributed by atoms with E-state index in [1.165, 1.54) is 0 Å². The van der Waals surface area contributed by atoms with Crippen LogP contribution < -0.4 is 4.90 Å². The van der Waals surface area contributed by atoms with Crippen molar-refractivity contribution in [3.63, 3.8) is 0 Å². The number of morpholine rings is 1. The van der Waals surface area contributed by atoms with Gasteiger partial charge in [0, 0.05) is 24.3 Å². The standard InChI is InChI=1S/C15H18N2O3/c18-11-16-15(4-1-5-15)13-10-12(2-3-14(13)19)17-6-8-20-9-7-17/h2-3,10,19H,1,4-9H2. The Kier molecular flexibility index (Phi) is 3.47. The molecule has 1 aliphatic carbocycles. The number of benzene rings is 1. The summed E-state index contributed by atoms with van der Waals surface area (Å²) in [5.74, 6) is 0.209. The third kappa shape index (κ3) is 2.19. The maximum atomic E-state index is 10.7. The fourth-order valence-electron chi connectivity index (χ4n) is 2.96. The second kappa shape index (κ2) is 5.27. The van der Waals surface area contributed by atoms with Crippen molar-refractivity contribution >= 4 is 11.8 Å². The average Bonchev–Trinajstić information content (AvgIpc) is 2.45. The summed E-state index contributed by atoms with van der Waals surface area (Å²) in [5.41, 5.74) is 1.23. The van der Waals surface area contributed by atoms with Crippen LogP contribution in [0.15, 0.2) is 23.2 Å². The van der Waals surface area contributed by atoms with Crippen LogP contribution in [0.4, 0.5) is 5.69 Å². The molecule has 2 aliphatic rings. The SMILES string of the molecule is O=C=NC1(c2cc(N3CCOCC3)ccc2O)CCC1. The zero-order chi connectivity index (χ0) is 14.0. The quantitative estimate of drug-likeness (QED) is 0.676. The van der Waals surface area contributed by atoms with Gasteiger partial charge in [0.1, 0.15) is 11.3 Å². The number of anilines is 1. The minimum atomic E-state index is -0.561.